The van der Waals surface area contributed by atoms with E-state index in [1.807, 2.05) is 6.07 Å². The minimum Gasteiger partial charge on any atom is -0.345 e. The van der Waals surface area contributed by atoms with E-state index < -0.39 is 0 Å². The number of hydrogen-bond acceptors (Lipinski definition) is 1. The fraction of sp³-hybridized carbons (Fsp3) is 0.647. The number of benzene rings is 1. The molecule has 0 radical (unpaired) electrons. The summed E-state index contributed by atoms with van der Waals surface area (Å²) in [6.45, 7) is 2.88. The summed E-state index contributed by atoms with van der Waals surface area (Å²) in [5.41, 5.74) is 4.06. The number of aromatic nitrogens is 1. The third kappa shape index (κ3) is 4.02. The normalized spacial score (nSPS) is 40.7. The van der Waals surface area contributed by atoms with Gasteiger partial charge in [0.05, 0.1) is 18.5 Å². The number of pyridine rings is 1. The Morgan fingerprint density at radius 2 is 1.74 bits per heavy atom. The van der Waals surface area contributed by atoms with Crippen molar-refractivity contribution in [3.8, 4) is 0 Å². The molecule has 206 valence electrons. The third-order valence-corrected chi connectivity index (χ3v) is 12.6. The standard InChI is InChI=1S/C34H42ClN3O/c35-31-9-8-27-29(37-31)7-4-11-34(27)20-36-19-28(34)33(39)38-12-10-24(23-5-2-1-3-6-23)18-30(38)32-25-14-21-13-22(16-25)17-26(32)15-21/h1-3,5-6,8-9,21-22,24-26,28,30,32,36H,4,7,10-20H2/p+2/t21?,22?,24?,25?,26?,28-,30?,32?,34-/m0/s1. The van der Waals surface area contributed by atoms with Crippen LogP contribution in [0.25, 0.3) is 0 Å². The number of rotatable bonds is 3. The maximum absolute atomic E-state index is 14.9. The van der Waals surface area contributed by atoms with Gasteiger partial charge >= 0.3 is 0 Å². The predicted octanol–water partition coefficient (Wildman–Crippen LogP) is 4.77. The van der Waals surface area contributed by atoms with Gasteiger partial charge in [0.25, 0.3) is 5.15 Å². The largest absolute Gasteiger partial charge is 0.345 e. The van der Waals surface area contributed by atoms with Crippen LogP contribution >= 0.6 is 11.6 Å². The number of carbonyl (C=O) groups excluding carboxylic acids is 1. The van der Waals surface area contributed by atoms with E-state index in [1.54, 1.807) is 0 Å². The lowest BCUT2D eigenvalue weighted by molar-refractivity contribution is -0.640. The second-order valence-electron chi connectivity index (χ2n) is 14.2. The number of H-pyrrole nitrogens is 1. The van der Waals surface area contributed by atoms with Gasteiger partial charge in [0.1, 0.15) is 5.92 Å². The summed E-state index contributed by atoms with van der Waals surface area (Å²) >= 11 is 6.38. The first-order valence-corrected chi connectivity index (χ1v) is 16.3. The van der Waals surface area contributed by atoms with Crippen LogP contribution in [0.1, 0.15) is 80.5 Å². The number of halogens is 1. The monoisotopic (exact) mass is 545 g/mol. The maximum Gasteiger partial charge on any atom is 0.273 e. The number of likely N-dealkylation sites (tertiary alicyclic amines) is 1. The lowest BCUT2D eigenvalue weighted by atomic mass is 9.49. The quantitative estimate of drug-likeness (QED) is 0.555. The van der Waals surface area contributed by atoms with Gasteiger partial charge in [0.2, 0.25) is 5.91 Å². The smallest absolute Gasteiger partial charge is 0.273 e. The van der Waals surface area contributed by atoms with E-state index in [2.05, 4.69) is 51.6 Å². The Kier molecular flexibility index (Phi) is 6.11. The molecule has 4 saturated carbocycles. The first-order valence-electron chi connectivity index (χ1n) is 16.0. The van der Waals surface area contributed by atoms with Crippen LogP contribution in [0.2, 0.25) is 5.15 Å². The highest BCUT2D eigenvalue weighted by atomic mass is 35.5. The fourth-order valence-electron chi connectivity index (χ4n) is 11.1. The maximum atomic E-state index is 14.9. The molecule has 1 aromatic heterocycles. The van der Waals surface area contributed by atoms with Crippen LogP contribution < -0.4 is 10.3 Å². The van der Waals surface area contributed by atoms with E-state index in [9.17, 15) is 4.79 Å². The molecule has 1 amide bonds. The molecule has 2 aliphatic heterocycles. The van der Waals surface area contributed by atoms with Crippen molar-refractivity contribution in [2.75, 3.05) is 19.6 Å². The van der Waals surface area contributed by atoms with Crippen LogP contribution in [0.15, 0.2) is 42.5 Å². The van der Waals surface area contributed by atoms with Crippen molar-refractivity contribution < 1.29 is 15.1 Å². The number of aryl methyl sites for hydroxylation is 1. The topological polar surface area (TPSA) is 51.1 Å². The highest BCUT2D eigenvalue weighted by molar-refractivity contribution is 6.28. The van der Waals surface area contributed by atoms with Crippen molar-refractivity contribution in [1.29, 1.82) is 0 Å². The van der Waals surface area contributed by atoms with Crippen molar-refractivity contribution in [2.24, 2.45) is 35.5 Å². The molecule has 3 N–H and O–H groups in total. The number of carbonyl (C=O) groups is 1. The lowest BCUT2D eigenvalue weighted by Crippen LogP contribution is -2.82. The molecule has 6 fully saturated rings. The number of piperidine rings is 1. The van der Waals surface area contributed by atoms with E-state index in [1.165, 1.54) is 48.9 Å². The van der Waals surface area contributed by atoms with Crippen molar-refractivity contribution in [3.05, 3.63) is 64.4 Å². The molecule has 7 aliphatic rings. The van der Waals surface area contributed by atoms with Crippen molar-refractivity contribution in [1.82, 2.24) is 4.90 Å². The average molecular weight is 546 g/mol. The Labute approximate surface area is 238 Å². The molecule has 3 heterocycles. The van der Waals surface area contributed by atoms with Crippen LogP contribution in [0.3, 0.4) is 0 Å². The summed E-state index contributed by atoms with van der Waals surface area (Å²) in [6.07, 6.45) is 12.7. The average Bonchev–Trinajstić information content (AvgIpc) is 3.36. The molecule has 39 heavy (non-hydrogen) atoms. The third-order valence-electron chi connectivity index (χ3n) is 12.4. The van der Waals surface area contributed by atoms with Gasteiger partial charge in [-0.2, -0.15) is 4.98 Å². The number of nitrogens with one attached hydrogen (secondary N) is 1. The number of nitrogens with two attached hydrogens (primary N) is 1. The number of fused-ring (bicyclic) bond motifs is 2. The van der Waals surface area contributed by atoms with Gasteiger partial charge in [0.15, 0.2) is 5.69 Å². The second-order valence-corrected chi connectivity index (χ2v) is 14.6. The Balaban J connectivity index is 1.14. The van der Waals surface area contributed by atoms with E-state index in [0.29, 0.717) is 28.9 Å². The SMILES string of the molecule is O=C([C@@H]1C[NH2+]C[C@]12CCCc1[nH+]c(Cl)ccc12)N1CCC(c2ccccc2)CC1C1C2CC3CC(C2)CC1C3. The molecular weight excluding hydrogens is 502 g/mol. The van der Waals surface area contributed by atoms with E-state index >= 15 is 0 Å². The molecule has 4 bridgehead atoms. The molecule has 4 nitrogen and oxygen atoms in total. The number of nitrogens with zero attached hydrogens (tertiary/aromatic N) is 1. The Morgan fingerprint density at radius 1 is 0.974 bits per heavy atom. The molecule has 2 saturated heterocycles. The predicted molar refractivity (Wildman–Crippen MR) is 152 cm³/mol. The number of aromatic amines is 1. The molecule has 9 rings (SSSR count). The minimum absolute atomic E-state index is 0.0589. The van der Waals surface area contributed by atoms with Gasteiger partial charge in [-0.15, -0.1) is 0 Å². The molecule has 2 unspecified atom stereocenters. The van der Waals surface area contributed by atoms with E-state index in [-0.39, 0.29) is 11.3 Å². The summed E-state index contributed by atoms with van der Waals surface area (Å²) in [5.74, 6) is 5.44. The first kappa shape index (κ1) is 24.9. The molecular formula is C34H44ClN3O+2. The molecule has 5 aliphatic carbocycles. The van der Waals surface area contributed by atoms with Gasteiger partial charge in [-0.3, -0.25) is 4.79 Å². The van der Waals surface area contributed by atoms with E-state index in [4.69, 9.17) is 11.6 Å². The summed E-state index contributed by atoms with van der Waals surface area (Å²) in [5, 5.41) is 3.14. The molecule has 4 atom stereocenters. The zero-order valence-electron chi connectivity index (χ0n) is 23.2. The molecule has 1 aromatic carbocycles. The summed E-state index contributed by atoms with van der Waals surface area (Å²) in [4.78, 5) is 20.9. The van der Waals surface area contributed by atoms with Crippen LogP contribution in [-0.4, -0.2) is 36.5 Å². The highest BCUT2D eigenvalue weighted by Crippen LogP contribution is 2.59. The van der Waals surface area contributed by atoms with Gasteiger partial charge in [-0.25, -0.2) is 0 Å². The Bertz CT molecular complexity index is 1220. The molecule has 2 aromatic rings. The summed E-state index contributed by atoms with van der Waals surface area (Å²) in [7, 11) is 0. The fourth-order valence-corrected chi connectivity index (χ4v) is 11.3. The summed E-state index contributed by atoms with van der Waals surface area (Å²) in [6, 6.07) is 15.9. The zero-order chi connectivity index (χ0) is 26.1. The van der Waals surface area contributed by atoms with Crippen molar-refractivity contribution in [2.45, 2.75) is 81.6 Å². The molecule has 1 spiro atoms. The van der Waals surface area contributed by atoms with Crippen LogP contribution in [-0.2, 0) is 16.6 Å². The molecule has 5 heteroatoms. The minimum atomic E-state index is -0.0589. The van der Waals surface area contributed by atoms with Crippen molar-refractivity contribution in [3.63, 3.8) is 0 Å². The van der Waals surface area contributed by atoms with Crippen LogP contribution in [0.4, 0.5) is 0 Å². The Morgan fingerprint density at radius 3 is 2.51 bits per heavy atom. The zero-order valence-corrected chi connectivity index (χ0v) is 23.9. The van der Waals surface area contributed by atoms with Crippen molar-refractivity contribution >= 4 is 17.5 Å². The number of amides is 1. The van der Waals surface area contributed by atoms with E-state index in [0.717, 1.165) is 75.4 Å². The first-order chi connectivity index (χ1) is 19.1. The Hall–Kier alpha value is -1.91. The van der Waals surface area contributed by atoms with Gasteiger partial charge < -0.3 is 10.2 Å². The van der Waals surface area contributed by atoms with Crippen LogP contribution in [0, 0.1) is 35.5 Å². The van der Waals surface area contributed by atoms with Gasteiger partial charge in [-0.05, 0) is 117 Å². The highest BCUT2D eigenvalue weighted by Gasteiger charge is 2.58. The number of hydrogen-bond donors (Lipinski definition) is 1. The van der Waals surface area contributed by atoms with Crippen LogP contribution in [0.5, 0.6) is 0 Å². The second kappa shape index (κ2) is 9.58. The van der Waals surface area contributed by atoms with Gasteiger partial charge in [0, 0.05) is 30.6 Å². The summed E-state index contributed by atoms with van der Waals surface area (Å²) < 4.78 is 0. The van der Waals surface area contributed by atoms with Gasteiger partial charge in [-0.1, -0.05) is 30.3 Å². The number of quaternary nitrogens is 1. The lowest BCUT2D eigenvalue weighted by Gasteiger charge is -2.59.